The monoisotopic (exact) mass is 258 g/mol. The highest BCUT2D eigenvalue weighted by atomic mass is 35.5. The van der Waals surface area contributed by atoms with Crippen LogP contribution >= 0.6 is 0 Å². The van der Waals surface area contributed by atoms with Gasteiger partial charge >= 0.3 is 0 Å². The SMILES string of the molecule is C=CCNCC=C.C=CC[N+](C)(C)CC=C.[Cl-]. The molecule has 0 aromatic rings. The summed E-state index contributed by atoms with van der Waals surface area (Å²) in [6.07, 6.45) is 7.51. The minimum Gasteiger partial charge on any atom is -1.00 e. The fourth-order valence-corrected chi connectivity index (χ4v) is 1.06. The molecule has 0 bridgehead atoms. The van der Waals surface area contributed by atoms with E-state index < -0.39 is 0 Å². The summed E-state index contributed by atoms with van der Waals surface area (Å²) in [6, 6.07) is 0. The van der Waals surface area contributed by atoms with Crippen LogP contribution in [-0.4, -0.2) is 44.8 Å². The Morgan fingerprint density at radius 2 is 1.18 bits per heavy atom. The van der Waals surface area contributed by atoms with Crippen molar-refractivity contribution in [2.24, 2.45) is 0 Å². The Bertz CT molecular complexity index is 190. The zero-order valence-electron chi connectivity index (χ0n) is 11.3. The molecule has 0 aliphatic heterocycles. The molecule has 17 heavy (non-hydrogen) atoms. The van der Waals surface area contributed by atoms with E-state index in [1.54, 1.807) is 0 Å². The summed E-state index contributed by atoms with van der Waals surface area (Å²) in [5.74, 6) is 0. The van der Waals surface area contributed by atoms with Crippen molar-refractivity contribution >= 4 is 0 Å². The van der Waals surface area contributed by atoms with Crippen molar-refractivity contribution in [3.05, 3.63) is 50.6 Å². The lowest BCUT2D eigenvalue weighted by molar-refractivity contribution is -0.878. The number of rotatable bonds is 8. The third-order valence-corrected chi connectivity index (χ3v) is 1.82. The second kappa shape index (κ2) is 15.2. The average Bonchev–Trinajstić information content (AvgIpc) is 2.19. The number of nitrogens with one attached hydrogen (secondary N) is 1. The molecular formula is C14H27ClN2. The van der Waals surface area contributed by atoms with Crippen LogP contribution in [0, 0.1) is 0 Å². The molecule has 0 spiro atoms. The van der Waals surface area contributed by atoms with Gasteiger partial charge in [0, 0.05) is 13.1 Å². The molecule has 0 amide bonds. The number of hydrogen-bond acceptors (Lipinski definition) is 1. The zero-order valence-corrected chi connectivity index (χ0v) is 12.0. The highest BCUT2D eigenvalue weighted by Crippen LogP contribution is 1.95. The normalized spacial score (nSPS) is 9.06. The molecule has 0 atom stereocenters. The van der Waals surface area contributed by atoms with Crippen LogP contribution in [0.25, 0.3) is 0 Å². The Hall–Kier alpha value is -0.830. The molecule has 0 fully saturated rings. The number of nitrogens with zero attached hydrogens (tertiary/aromatic N) is 1. The summed E-state index contributed by atoms with van der Waals surface area (Å²) in [6.45, 7) is 18.2. The van der Waals surface area contributed by atoms with Crippen LogP contribution in [-0.2, 0) is 0 Å². The minimum absolute atomic E-state index is 0. The van der Waals surface area contributed by atoms with Gasteiger partial charge in [0.2, 0.25) is 0 Å². The van der Waals surface area contributed by atoms with Crippen molar-refractivity contribution in [1.82, 2.24) is 5.32 Å². The van der Waals surface area contributed by atoms with Gasteiger partial charge < -0.3 is 22.2 Å². The number of hydrogen-bond donors (Lipinski definition) is 1. The van der Waals surface area contributed by atoms with Gasteiger partial charge in [-0.25, -0.2) is 0 Å². The lowest BCUT2D eigenvalue weighted by atomic mass is 10.4. The first kappa shape index (κ1) is 21.5. The van der Waals surface area contributed by atoms with Crippen LogP contribution in [0.2, 0.25) is 0 Å². The molecule has 0 aromatic heterocycles. The van der Waals surface area contributed by atoms with Gasteiger partial charge in [0.05, 0.1) is 27.2 Å². The van der Waals surface area contributed by atoms with Gasteiger partial charge in [-0.05, 0) is 12.2 Å². The molecule has 0 aliphatic carbocycles. The van der Waals surface area contributed by atoms with Crippen molar-refractivity contribution in [3.63, 3.8) is 0 Å². The Morgan fingerprint density at radius 1 is 0.824 bits per heavy atom. The van der Waals surface area contributed by atoms with Crippen LogP contribution in [0.5, 0.6) is 0 Å². The summed E-state index contributed by atoms with van der Waals surface area (Å²) in [5, 5.41) is 3.05. The first-order valence-corrected chi connectivity index (χ1v) is 5.50. The molecule has 0 aliphatic rings. The molecule has 0 saturated carbocycles. The van der Waals surface area contributed by atoms with Gasteiger partial charge in [-0.3, -0.25) is 0 Å². The highest BCUT2D eigenvalue weighted by molar-refractivity contribution is 4.75. The second-order valence-corrected chi connectivity index (χ2v) is 4.11. The van der Waals surface area contributed by atoms with E-state index >= 15 is 0 Å². The topological polar surface area (TPSA) is 12.0 Å². The fourth-order valence-electron chi connectivity index (χ4n) is 1.06. The Kier molecular flexibility index (Phi) is 19.1. The molecule has 0 rings (SSSR count). The molecule has 0 heterocycles. The standard InChI is InChI=1S/C8H16N.C6H11N.ClH/c1-5-7-9(3,4)8-6-2;1-3-5-7-6-4-2;/h5-6H,1-2,7-8H2,3-4H3;3-4,7H,1-2,5-6H2;1H/q+1;;/p-1. The molecule has 0 aromatic carbocycles. The van der Waals surface area contributed by atoms with Crippen LogP contribution in [0.1, 0.15) is 0 Å². The van der Waals surface area contributed by atoms with Gasteiger partial charge in [0.1, 0.15) is 0 Å². The lowest BCUT2D eigenvalue weighted by Crippen LogP contribution is -3.00. The predicted octanol–water partition coefficient (Wildman–Crippen LogP) is -0.613. The molecule has 100 valence electrons. The fraction of sp³-hybridized carbons (Fsp3) is 0.429. The summed E-state index contributed by atoms with van der Waals surface area (Å²) in [5.41, 5.74) is 0. The van der Waals surface area contributed by atoms with Crippen molar-refractivity contribution < 1.29 is 16.9 Å². The van der Waals surface area contributed by atoms with E-state index in [0.29, 0.717) is 0 Å². The van der Waals surface area contributed by atoms with E-state index in [2.05, 4.69) is 45.7 Å². The van der Waals surface area contributed by atoms with Crippen molar-refractivity contribution in [3.8, 4) is 0 Å². The number of quaternary nitrogens is 1. The first-order chi connectivity index (χ1) is 7.54. The van der Waals surface area contributed by atoms with E-state index in [1.807, 2.05) is 24.3 Å². The van der Waals surface area contributed by atoms with Gasteiger partial charge in [-0.1, -0.05) is 25.3 Å². The zero-order chi connectivity index (χ0) is 12.9. The highest BCUT2D eigenvalue weighted by Gasteiger charge is 2.07. The Labute approximate surface area is 113 Å². The maximum Gasteiger partial charge on any atom is 0.0969 e. The van der Waals surface area contributed by atoms with Crippen LogP contribution in [0.3, 0.4) is 0 Å². The van der Waals surface area contributed by atoms with Gasteiger partial charge in [-0.2, -0.15) is 0 Å². The molecule has 3 heteroatoms. The maximum absolute atomic E-state index is 3.68. The van der Waals surface area contributed by atoms with E-state index in [4.69, 9.17) is 0 Å². The molecular weight excluding hydrogens is 232 g/mol. The summed E-state index contributed by atoms with van der Waals surface area (Å²) in [4.78, 5) is 0. The van der Waals surface area contributed by atoms with Crippen molar-refractivity contribution in [2.75, 3.05) is 40.3 Å². The summed E-state index contributed by atoms with van der Waals surface area (Å²) in [7, 11) is 4.31. The van der Waals surface area contributed by atoms with Crippen molar-refractivity contribution in [2.45, 2.75) is 0 Å². The maximum atomic E-state index is 3.68. The molecule has 0 unspecified atom stereocenters. The third-order valence-electron chi connectivity index (χ3n) is 1.82. The van der Waals surface area contributed by atoms with E-state index in [9.17, 15) is 0 Å². The predicted molar refractivity (Wildman–Crippen MR) is 75.5 cm³/mol. The average molecular weight is 259 g/mol. The van der Waals surface area contributed by atoms with E-state index in [1.165, 1.54) is 0 Å². The molecule has 0 radical (unpaired) electrons. The number of likely N-dealkylation sites (N-methyl/N-ethyl adjacent to an activating group) is 1. The van der Waals surface area contributed by atoms with Gasteiger partial charge in [-0.15, -0.1) is 13.2 Å². The van der Waals surface area contributed by atoms with Crippen molar-refractivity contribution in [1.29, 1.82) is 0 Å². The Morgan fingerprint density at radius 3 is 1.41 bits per heavy atom. The first-order valence-electron chi connectivity index (χ1n) is 5.50. The quantitative estimate of drug-likeness (QED) is 0.348. The second-order valence-electron chi connectivity index (χ2n) is 4.11. The largest absolute Gasteiger partial charge is 1.00 e. The lowest BCUT2D eigenvalue weighted by Gasteiger charge is -2.26. The third kappa shape index (κ3) is 21.1. The minimum atomic E-state index is 0. The summed E-state index contributed by atoms with van der Waals surface area (Å²) < 4.78 is 0.951. The molecule has 2 nitrogen and oxygen atoms in total. The number of halogens is 1. The smallest absolute Gasteiger partial charge is 0.0969 e. The summed E-state index contributed by atoms with van der Waals surface area (Å²) >= 11 is 0. The van der Waals surface area contributed by atoms with E-state index in [-0.39, 0.29) is 12.4 Å². The van der Waals surface area contributed by atoms with Gasteiger partial charge in [0.25, 0.3) is 0 Å². The van der Waals surface area contributed by atoms with Crippen LogP contribution < -0.4 is 17.7 Å². The van der Waals surface area contributed by atoms with Crippen LogP contribution in [0.15, 0.2) is 50.6 Å². The van der Waals surface area contributed by atoms with Crippen LogP contribution in [0.4, 0.5) is 0 Å². The molecule has 1 N–H and O–H groups in total. The Balaban J connectivity index is -0.000000224. The van der Waals surface area contributed by atoms with E-state index in [0.717, 1.165) is 30.7 Å². The molecule has 0 saturated heterocycles. The van der Waals surface area contributed by atoms with Gasteiger partial charge in [0.15, 0.2) is 0 Å².